The lowest BCUT2D eigenvalue weighted by molar-refractivity contribution is -0.155. The fourth-order valence-corrected chi connectivity index (χ4v) is 2.53. The van der Waals surface area contributed by atoms with Crippen molar-refractivity contribution in [3.8, 4) is 0 Å². The Kier molecular flexibility index (Phi) is 4.78. The van der Waals surface area contributed by atoms with Crippen molar-refractivity contribution in [1.29, 1.82) is 0 Å². The SMILES string of the molecule is CC1(C)OCC(C(CBr)OCc2ccccc2)O1. The summed E-state index contributed by atoms with van der Waals surface area (Å²) in [4.78, 5) is 0. The Morgan fingerprint density at radius 3 is 2.67 bits per heavy atom. The first kappa shape index (κ1) is 14.0. The summed E-state index contributed by atoms with van der Waals surface area (Å²) in [5.41, 5.74) is 1.17. The van der Waals surface area contributed by atoms with Gasteiger partial charge in [-0.05, 0) is 19.4 Å². The van der Waals surface area contributed by atoms with E-state index in [1.165, 1.54) is 5.56 Å². The second-order valence-corrected chi connectivity index (χ2v) is 5.50. The van der Waals surface area contributed by atoms with Crippen LogP contribution in [-0.4, -0.2) is 29.9 Å². The van der Waals surface area contributed by atoms with Gasteiger partial charge in [-0.3, -0.25) is 0 Å². The molecule has 0 saturated carbocycles. The molecule has 4 heteroatoms. The van der Waals surface area contributed by atoms with E-state index < -0.39 is 5.79 Å². The number of ether oxygens (including phenoxy) is 3. The number of benzene rings is 1. The molecule has 0 bridgehead atoms. The van der Waals surface area contributed by atoms with E-state index in [0.29, 0.717) is 13.2 Å². The lowest BCUT2D eigenvalue weighted by Crippen LogP contribution is -2.34. The molecule has 0 N–H and O–H groups in total. The molecule has 0 spiro atoms. The normalized spacial score (nSPS) is 24.1. The highest BCUT2D eigenvalue weighted by atomic mass is 79.9. The highest BCUT2D eigenvalue weighted by Gasteiger charge is 2.37. The third-order valence-corrected chi connectivity index (χ3v) is 3.54. The van der Waals surface area contributed by atoms with Gasteiger partial charge in [0.15, 0.2) is 5.79 Å². The molecule has 3 nitrogen and oxygen atoms in total. The lowest BCUT2D eigenvalue weighted by Gasteiger charge is -2.23. The molecular weight excluding hydrogens is 296 g/mol. The summed E-state index contributed by atoms with van der Waals surface area (Å²) in [5.74, 6) is -0.499. The molecule has 2 rings (SSSR count). The molecule has 1 aliphatic heterocycles. The number of hydrogen-bond acceptors (Lipinski definition) is 3. The maximum atomic E-state index is 5.90. The van der Waals surface area contributed by atoms with E-state index in [4.69, 9.17) is 14.2 Å². The monoisotopic (exact) mass is 314 g/mol. The molecule has 1 heterocycles. The van der Waals surface area contributed by atoms with Crippen molar-refractivity contribution in [2.75, 3.05) is 11.9 Å². The molecule has 2 atom stereocenters. The van der Waals surface area contributed by atoms with Crippen LogP contribution < -0.4 is 0 Å². The Morgan fingerprint density at radius 2 is 2.11 bits per heavy atom. The van der Waals surface area contributed by atoms with Gasteiger partial charge >= 0.3 is 0 Å². The molecule has 100 valence electrons. The maximum Gasteiger partial charge on any atom is 0.163 e. The summed E-state index contributed by atoms with van der Waals surface area (Å²) in [5, 5.41) is 0.740. The van der Waals surface area contributed by atoms with Gasteiger partial charge in [0.2, 0.25) is 0 Å². The predicted octanol–water partition coefficient (Wildman–Crippen LogP) is 3.12. The summed E-state index contributed by atoms with van der Waals surface area (Å²) < 4.78 is 17.3. The van der Waals surface area contributed by atoms with Crippen LogP contribution in [0.15, 0.2) is 30.3 Å². The largest absolute Gasteiger partial charge is 0.370 e. The van der Waals surface area contributed by atoms with Gasteiger partial charge in [-0.15, -0.1) is 0 Å². The Hall–Kier alpha value is -0.420. The van der Waals surface area contributed by atoms with Crippen LogP contribution in [0.2, 0.25) is 0 Å². The van der Waals surface area contributed by atoms with Crippen LogP contribution in [0.5, 0.6) is 0 Å². The van der Waals surface area contributed by atoms with Crippen molar-refractivity contribution < 1.29 is 14.2 Å². The van der Waals surface area contributed by atoms with Crippen LogP contribution in [-0.2, 0) is 20.8 Å². The van der Waals surface area contributed by atoms with Crippen molar-refractivity contribution in [2.45, 2.75) is 38.4 Å². The standard InChI is InChI=1S/C14H19BrO3/c1-14(2)17-10-13(18-14)12(8-15)16-9-11-6-4-3-5-7-11/h3-7,12-13H,8-10H2,1-2H3. The average molecular weight is 315 g/mol. The van der Waals surface area contributed by atoms with Gasteiger partial charge in [0, 0.05) is 5.33 Å². The van der Waals surface area contributed by atoms with Crippen molar-refractivity contribution in [3.63, 3.8) is 0 Å². The quantitative estimate of drug-likeness (QED) is 0.782. The van der Waals surface area contributed by atoms with Crippen molar-refractivity contribution in [1.82, 2.24) is 0 Å². The van der Waals surface area contributed by atoms with E-state index in [9.17, 15) is 0 Å². The summed E-state index contributed by atoms with van der Waals surface area (Å²) in [6, 6.07) is 10.1. The lowest BCUT2D eigenvalue weighted by atomic mass is 10.2. The van der Waals surface area contributed by atoms with Gasteiger partial charge in [0.05, 0.1) is 19.3 Å². The predicted molar refractivity (Wildman–Crippen MR) is 73.7 cm³/mol. The zero-order chi connectivity index (χ0) is 13.0. The fourth-order valence-electron chi connectivity index (χ4n) is 1.93. The first-order valence-corrected chi connectivity index (χ1v) is 7.26. The number of rotatable bonds is 5. The van der Waals surface area contributed by atoms with Gasteiger partial charge in [-0.1, -0.05) is 46.3 Å². The van der Waals surface area contributed by atoms with Gasteiger partial charge in [0.25, 0.3) is 0 Å². The fraction of sp³-hybridized carbons (Fsp3) is 0.571. The van der Waals surface area contributed by atoms with E-state index in [1.54, 1.807) is 0 Å². The van der Waals surface area contributed by atoms with Crippen LogP contribution in [0.3, 0.4) is 0 Å². The summed E-state index contributed by atoms with van der Waals surface area (Å²) in [6.07, 6.45) is -0.00457. The Morgan fingerprint density at radius 1 is 1.39 bits per heavy atom. The zero-order valence-electron chi connectivity index (χ0n) is 10.8. The first-order valence-electron chi connectivity index (χ1n) is 6.14. The highest BCUT2D eigenvalue weighted by Crippen LogP contribution is 2.26. The van der Waals surface area contributed by atoms with E-state index in [0.717, 1.165) is 5.33 Å². The van der Waals surface area contributed by atoms with Crippen molar-refractivity contribution in [2.24, 2.45) is 0 Å². The zero-order valence-corrected chi connectivity index (χ0v) is 12.4. The van der Waals surface area contributed by atoms with E-state index in [2.05, 4.69) is 28.1 Å². The van der Waals surface area contributed by atoms with Crippen LogP contribution in [0.4, 0.5) is 0 Å². The van der Waals surface area contributed by atoms with E-state index >= 15 is 0 Å². The molecule has 1 saturated heterocycles. The first-order chi connectivity index (χ1) is 8.61. The maximum absolute atomic E-state index is 5.90. The molecule has 2 unspecified atom stereocenters. The Bertz CT molecular complexity index is 367. The van der Waals surface area contributed by atoms with E-state index in [1.807, 2.05) is 32.0 Å². The Balaban J connectivity index is 1.87. The number of halogens is 1. The molecule has 1 aromatic rings. The van der Waals surface area contributed by atoms with E-state index in [-0.39, 0.29) is 12.2 Å². The number of alkyl halides is 1. The molecule has 1 aliphatic rings. The average Bonchev–Trinajstić information content (AvgIpc) is 2.72. The van der Waals surface area contributed by atoms with Gasteiger partial charge in [-0.2, -0.15) is 0 Å². The second kappa shape index (κ2) is 6.15. The molecule has 0 amide bonds. The molecular formula is C14H19BrO3. The van der Waals surface area contributed by atoms with Gasteiger partial charge in [-0.25, -0.2) is 0 Å². The molecule has 0 aliphatic carbocycles. The Labute approximate surface area is 117 Å². The van der Waals surface area contributed by atoms with Gasteiger partial charge < -0.3 is 14.2 Å². The topological polar surface area (TPSA) is 27.7 Å². The molecule has 0 radical (unpaired) electrons. The van der Waals surface area contributed by atoms with Crippen LogP contribution >= 0.6 is 15.9 Å². The van der Waals surface area contributed by atoms with Crippen molar-refractivity contribution in [3.05, 3.63) is 35.9 Å². The van der Waals surface area contributed by atoms with Crippen molar-refractivity contribution >= 4 is 15.9 Å². The molecule has 18 heavy (non-hydrogen) atoms. The summed E-state index contributed by atoms with van der Waals surface area (Å²) in [7, 11) is 0. The minimum atomic E-state index is -0.499. The molecule has 1 fully saturated rings. The minimum absolute atomic E-state index is 0.00646. The third kappa shape index (κ3) is 3.79. The second-order valence-electron chi connectivity index (χ2n) is 4.86. The third-order valence-electron chi connectivity index (χ3n) is 2.90. The smallest absolute Gasteiger partial charge is 0.163 e. The van der Waals surface area contributed by atoms with Gasteiger partial charge in [0.1, 0.15) is 6.10 Å². The van der Waals surface area contributed by atoms with Crippen LogP contribution in [0, 0.1) is 0 Å². The molecule has 1 aromatic carbocycles. The number of hydrogen-bond donors (Lipinski definition) is 0. The summed E-state index contributed by atoms with van der Waals surface area (Å²) in [6.45, 7) is 5.03. The van der Waals surface area contributed by atoms with Crippen LogP contribution in [0.1, 0.15) is 19.4 Å². The summed E-state index contributed by atoms with van der Waals surface area (Å²) >= 11 is 3.48. The van der Waals surface area contributed by atoms with Crippen LogP contribution in [0.25, 0.3) is 0 Å². The highest BCUT2D eigenvalue weighted by molar-refractivity contribution is 9.09. The molecule has 0 aromatic heterocycles. The minimum Gasteiger partial charge on any atom is -0.370 e.